The van der Waals surface area contributed by atoms with Gasteiger partial charge in [-0.25, -0.2) is 4.98 Å². The Bertz CT molecular complexity index is 642. The van der Waals surface area contributed by atoms with Crippen LogP contribution in [0.1, 0.15) is 61.4 Å². The molecule has 1 fully saturated rings. The first kappa shape index (κ1) is 14.0. The first-order valence-electron chi connectivity index (χ1n) is 8.59. The third kappa shape index (κ3) is 2.48. The standard InChI is InChI=1S/C19H24N2O/c22-19(14-6-2-1-3-7-14)11-18-17-9-5-4-8-15(17)10-16-12-20-13-21(16)18/h4-5,8-9,12-14,18-19,22H,1-3,6-7,10-11H2. The largest absolute Gasteiger partial charge is 0.393 e. The molecule has 0 saturated heterocycles. The van der Waals surface area contributed by atoms with Gasteiger partial charge in [-0.15, -0.1) is 0 Å². The van der Waals surface area contributed by atoms with Crippen LogP contribution in [0.15, 0.2) is 36.8 Å². The van der Waals surface area contributed by atoms with Crippen molar-refractivity contribution in [3.8, 4) is 0 Å². The van der Waals surface area contributed by atoms with Gasteiger partial charge in [-0.2, -0.15) is 0 Å². The third-order valence-corrected chi connectivity index (χ3v) is 5.53. The monoisotopic (exact) mass is 296 g/mol. The summed E-state index contributed by atoms with van der Waals surface area (Å²) in [5.74, 6) is 0.481. The van der Waals surface area contributed by atoms with Gasteiger partial charge in [0.1, 0.15) is 0 Å². The molecular formula is C19H24N2O. The van der Waals surface area contributed by atoms with Gasteiger partial charge in [0.25, 0.3) is 0 Å². The van der Waals surface area contributed by atoms with E-state index in [1.807, 2.05) is 12.5 Å². The van der Waals surface area contributed by atoms with Gasteiger partial charge in [0, 0.05) is 18.3 Å². The molecule has 0 bridgehead atoms. The van der Waals surface area contributed by atoms with Crippen molar-refractivity contribution in [3.05, 3.63) is 53.6 Å². The highest BCUT2D eigenvalue weighted by Gasteiger charge is 2.30. The summed E-state index contributed by atoms with van der Waals surface area (Å²) in [6, 6.07) is 8.89. The van der Waals surface area contributed by atoms with E-state index in [1.165, 1.54) is 48.9 Å². The molecule has 1 aliphatic heterocycles. The molecule has 1 N–H and O–H groups in total. The molecule has 2 aliphatic rings. The first-order chi connectivity index (χ1) is 10.8. The van der Waals surface area contributed by atoms with Crippen molar-refractivity contribution in [1.82, 2.24) is 9.55 Å². The second kappa shape index (κ2) is 5.88. The average Bonchev–Trinajstić information content (AvgIpc) is 3.03. The van der Waals surface area contributed by atoms with Gasteiger partial charge in [-0.05, 0) is 36.3 Å². The summed E-state index contributed by atoms with van der Waals surface area (Å²) < 4.78 is 2.27. The molecule has 2 heterocycles. The predicted octanol–water partition coefficient (Wildman–Crippen LogP) is 3.71. The molecule has 3 nitrogen and oxygen atoms in total. The Morgan fingerprint density at radius 1 is 1.18 bits per heavy atom. The molecule has 1 saturated carbocycles. The van der Waals surface area contributed by atoms with Crippen LogP contribution in [0, 0.1) is 5.92 Å². The summed E-state index contributed by atoms with van der Waals surface area (Å²) in [7, 11) is 0. The number of aliphatic hydroxyl groups excluding tert-OH is 1. The van der Waals surface area contributed by atoms with Crippen LogP contribution in [-0.2, 0) is 6.42 Å². The lowest BCUT2D eigenvalue weighted by atomic mass is 9.81. The van der Waals surface area contributed by atoms with Crippen molar-refractivity contribution in [2.24, 2.45) is 5.92 Å². The Morgan fingerprint density at radius 3 is 2.86 bits per heavy atom. The van der Waals surface area contributed by atoms with E-state index >= 15 is 0 Å². The molecule has 1 aliphatic carbocycles. The lowest BCUT2D eigenvalue weighted by Crippen LogP contribution is -2.29. The van der Waals surface area contributed by atoms with Gasteiger partial charge in [0.15, 0.2) is 0 Å². The first-order valence-corrected chi connectivity index (χ1v) is 8.59. The van der Waals surface area contributed by atoms with Crippen LogP contribution in [0.25, 0.3) is 0 Å². The smallest absolute Gasteiger partial charge is 0.0954 e. The number of hydrogen-bond donors (Lipinski definition) is 1. The molecule has 2 aromatic rings. The zero-order valence-corrected chi connectivity index (χ0v) is 13.0. The quantitative estimate of drug-likeness (QED) is 0.937. The summed E-state index contributed by atoms with van der Waals surface area (Å²) in [6.45, 7) is 0. The zero-order valence-electron chi connectivity index (χ0n) is 13.0. The lowest BCUT2D eigenvalue weighted by molar-refractivity contribution is 0.0672. The van der Waals surface area contributed by atoms with E-state index in [-0.39, 0.29) is 12.1 Å². The zero-order chi connectivity index (χ0) is 14.9. The maximum Gasteiger partial charge on any atom is 0.0954 e. The normalized spacial score (nSPS) is 22.9. The SMILES string of the molecule is OC(CC1c2ccccc2Cc2cncn21)C1CCCCC1. The summed E-state index contributed by atoms with van der Waals surface area (Å²) in [5, 5.41) is 10.8. The molecule has 2 unspecified atom stereocenters. The van der Waals surface area contributed by atoms with Crippen molar-refractivity contribution < 1.29 is 5.11 Å². The van der Waals surface area contributed by atoms with E-state index in [4.69, 9.17) is 0 Å². The fraction of sp³-hybridized carbons (Fsp3) is 0.526. The van der Waals surface area contributed by atoms with Gasteiger partial charge in [0.05, 0.1) is 18.5 Å². The fourth-order valence-electron chi connectivity index (χ4n) is 4.30. The second-order valence-corrected chi connectivity index (χ2v) is 6.88. The molecule has 1 aromatic heterocycles. The maximum atomic E-state index is 10.8. The van der Waals surface area contributed by atoms with Crippen LogP contribution in [-0.4, -0.2) is 20.8 Å². The third-order valence-electron chi connectivity index (χ3n) is 5.53. The molecule has 4 rings (SSSR count). The Hall–Kier alpha value is -1.61. The van der Waals surface area contributed by atoms with Gasteiger partial charge in [-0.1, -0.05) is 43.5 Å². The molecule has 22 heavy (non-hydrogen) atoms. The van der Waals surface area contributed by atoms with Gasteiger partial charge in [0.2, 0.25) is 0 Å². The minimum Gasteiger partial charge on any atom is -0.393 e. The number of hydrogen-bond acceptors (Lipinski definition) is 2. The predicted molar refractivity (Wildman–Crippen MR) is 86.8 cm³/mol. The van der Waals surface area contributed by atoms with Crippen molar-refractivity contribution in [3.63, 3.8) is 0 Å². The Labute approximate surface area is 132 Å². The van der Waals surface area contributed by atoms with E-state index < -0.39 is 0 Å². The van der Waals surface area contributed by atoms with Gasteiger partial charge >= 0.3 is 0 Å². The van der Waals surface area contributed by atoms with Crippen LogP contribution >= 0.6 is 0 Å². The van der Waals surface area contributed by atoms with Crippen LogP contribution in [0.2, 0.25) is 0 Å². The number of nitrogens with zero attached hydrogens (tertiary/aromatic N) is 2. The average molecular weight is 296 g/mol. The number of fused-ring (bicyclic) bond motifs is 2. The van der Waals surface area contributed by atoms with Crippen LogP contribution in [0.3, 0.4) is 0 Å². The minimum atomic E-state index is -0.202. The summed E-state index contributed by atoms with van der Waals surface area (Å²) in [5.41, 5.74) is 4.01. The van der Waals surface area contributed by atoms with E-state index in [0.29, 0.717) is 5.92 Å². The number of rotatable bonds is 3. The van der Waals surface area contributed by atoms with E-state index in [1.54, 1.807) is 0 Å². The minimum absolute atomic E-state index is 0.202. The number of aliphatic hydroxyl groups is 1. The Kier molecular flexibility index (Phi) is 3.75. The topological polar surface area (TPSA) is 38.1 Å². The molecule has 0 radical (unpaired) electrons. The van der Waals surface area contributed by atoms with Gasteiger partial charge < -0.3 is 9.67 Å². The fourth-order valence-corrected chi connectivity index (χ4v) is 4.30. The molecule has 116 valence electrons. The number of aromatic nitrogens is 2. The Morgan fingerprint density at radius 2 is 2.00 bits per heavy atom. The van der Waals surface area contributed by atoms with Crippen molar-refractivity contribution >= 4 is 0 Å². The number of imidazole rings is 1. The van der Waals surface area contributed by atoms with Crippen molar-refractivity contribution in [2.75, 3.05) is 0 Å². The molecule has 3 heteroatoms. The lowest BCUT2D eigenvalue weighted by Gasteiger charge is -2.33. The van der Waals surface area contributed by atoms with Gasteiger partial charge in [-0.3, -0.25) is 0 Å². The van der Waals surface area contributed by atoms with Crippen molar-refractivity contribution in [2.45, 2.75) is 57.1 Å². The summed E-state index contributed by atoms with van der Waals surface area (Å²) in [6.07, 6.45) is 11.7. The summed E-state index contributed by atoms with van der Waals surface area (Å²) >= 11 is 0. The molecule has 0 spiro atoms. The second-order valence-electron chi connectivity index (χ2n) is 6.88. The molecule has 0 amide bonds. The highest BCUT2D eigenvalue weighted by molar-refractivity contribution is 5.37. The van der Waals surface area contributed by atoms with Crippen molar-refractivity contribution in [1.29, 1.82) is 0 Å². The van der Waals surface area contributed by atoms with Crippen LogP contribution in [0.4, 0.5) is 0 Å². The molecular weight excluding hydrogens is 272 g/mol. The maximum absolute atomic E-state index is 10.8. The number of benzene rings is 1. The highest BCUT2D eigenvalue weighted by atomic mass is 16.3. The highest BCUT2D eigenvalue weighted by Crippen LogP contribution is 2.37. The Balaban J connectivity index is 1.61. The summed E-state index contributed by atoms with van der Waals surface area (Å²) in [4.78, 5) is 4.34. The van der Waals surface area contributed by atoms with Crippen LogP contribution in [0.5, 0.6) is 0 Å². The van der Waals surface area contributed by atoms with Crippen LogP contribution < -0.4 is 0 Å². The van der Waals surface area contributed by atoms with E-state index in [0.717, 1.165) is 12.8 Å². The van der Waals surface area contributed by atoms with E-state index in [9.17, 15) is 5.11 Å². The molecule has 1 aromatic carbocycles. The molecule has 2 atom stereocenters. The van der Waals surface area contributed by atoms with E-state index in [2.05, 4.69) is 33.8 Å².